The second-order valence-electron chi connectivity index (χ2n) is 5.88. The van der Waals surface area contributed by atoms with E-state index in [1.165, 1.54) is 11.3 Å². The van der Waals surface area contributed by atoms with Crippen LogP contribution in [0.1, 0.15) is 50.3 Å². The van der Waals surface area contributed by atoms with Crippen LogP contribution >= 0.6 is 11.3 Å². The van der Waals surface area contributed by atoms with Gasteiger partial charge in [-0.1, -0.05) is 20.8 Å². The van der Waals surface area contributed by atoms with Crippen molar-refractivity contribution in [1.29, 1.82) is 0 Å². The van der Waals surface area contributed by atoms with Gasteiger partial charge in [0.15, 0.2) is 0 Å². The molecule has 1 aromatic rings. The lowest BCUT2D eigenvalue weighted by molar-refractivity contribution is -0.142. The maximum absolute atomic E-state index is 10.8. The number of hydroxylamine groups is 1. The summed E-state index contributed by atoms with van der Waals surface area (Å²) in [4.78, 5) is 23.6. The average molecular weight is 347 g/mol. The van der Waals surface area contributed by atoms with E-state index >= 15 is 0 Å². The molecule has 0 radical (unpaired) electrons. The lowest BCUT2D eigenvalue weighted by atomic mass is 10.1. The summed E-state index contributed by atoms with van der Waals surface area (Å²) in [7, 11) is 0. The third kappa shape index (κ3) is 12.9. The number of nitrogens with one attached hydrogen (secondary N) is 1. The van der Waals surface area contributed by atoms with Crippen molar-refractivity contribution in [3.05, 3.63) is 21.9 Å². The maximum atomic E-state index is 10.8. The minimum atomic E-state index is -1.08. The van der Waals surface area contributed by atoms with Crippen LogP contribution < -0.4 is 5.48 Å². The Morgan fingerprint density at radius 1 is 1.22 bits per heavy atom. The number of carboxylic acid groups (broad SMARTS) is 1. The molecule has 0 spiro atoms. The fourth-order valence-corrected chi connectivity index (χ4v) is 2.67. The summed E-state index contributed by atoms with van der Waals surface area (Å²) in [6.45, 7) is 8.07. The van der Waals surface area contributed by atoms with Gasteiger partial charge in [-0.3, -0.25) is 4.79 Å². The Hall–Kier alpha value is -1.28. The van der Waals surface area contributed by atoms with Crippen LogP contribution in [0.3, 0.4) is 0 Å². The largest absolute Gasteiger partial charge is 0.480 e. The van der Waals surface area contributed by atoms with Gasteiger partial charge in [0.05, 0.1) is 0 Å². The summed E-state index contributed by atoms with van der Waals surface area (Å²) < 4.78 is 0. The van der Waals surface area contributed by atoms with Crippen molar-refractivity contribution in [3.8, 4) is 0 Å². The Labute approximate surface area is 141 Å². The minimum Gasteiger partial charge on any atom is -0.480 e. The highest BCUT2D eigenvalue weighted by atomic mass is 32.1. The van der Waals surface area contributed by atoms with Crippen LogP contribution in [0.2, 0.25) is 0 Å². The second kappa shape index (κ2) is 13.2. The van der Waals surface area contributed by atoms with Gasteiger partial charge in [-0.2, -0.15) is 5.48 Å². The van der Waals surface area contributed by atoms with Crippen molar-refractivity contribution in [3.63, 3.8) is 0 Å². The van der Waals surface area contributed by atoms with E-state index in [-0.39, 0.29) is 17.7 Å². The molecule has 0 saturated carbocycles. The third-order valence-corrected chi connectivity index (χ3v) is 3.70. The Morgan fingerprint density at radius 2 is 1.74 bits per heavy atom. The lowest BCUT2D eigenvalue weighted by Crippen LogP contribution is -2.35. The topological polar surface area (TPSA) is 118 Å². The van der Waals surface area contributed by atoms with Gasteiger partial charge in [0, 0.05) is 22.6 Å². The van der Waals surface area contributed by atoms with Crippen LogP contribution in [0.15, 0.2) is 12.1 Å². The standard InChI is InChI=1S/C12H17NO4S.C4H10.H2O/c1-8(14)3-2-4-9-5-6-10(18-9)7-11(13-17)12(15)16;1-4(2)3;/h5-6,11,13,17H,2-4,7H2,1H3,(H,15,16);4H,1-3H3;1H2/t11-;;/m0../s1. The van der Waals surface area contributed by atoms with Gasteiger partial charge in [0.2, 0.25) is 0 Å². The summed E-state index contributed by atoms with van der Waals surface area (Å²) >= 11 is 1.52. The minimum absolute atomic E-state index is 0. The first-order chi connectivity index (χ1) is 10.3. The second-order valence-corrected chi connectivity index (χ2v) is 7.13. The lowest BCUT2D eigenvalue weighted by Gasteiger charge is -2.07. The van der Waals surface area contributed by atoms with Crippen molar-refractivity contribution < 1.29 is 25.4 Å². The van der Waals surface area contributed by atoms with Gasteiger partial charge >= 0.3 is 5.97 Å². The number of carbonyl (C=O) groups excluding carboxylic acids is 1. The molecule has 0 aliphatic carbocycles. The van der Waals surface area contributed by atoms with Crippen LogP contribution in [0.4, 0.5) is 0 Å². The SMILES string of the molecule is CC(=O)CCCc1ccc(C[C@H](NO)C(=O)O)s1.CC(C)C.O. The average Bonchev–Trinajstić information content (AvgIpc) is 2.82. The van der Waals surface area contributed by atoms with E-state index in [1.807, 2.05) is 12.1 Å². The third-order valence-electron chi connectivity index (χ3n) is 2.53. The van der Waals surface area contributed by atoms with Gasteiger partial charge < -0.3 is 20.6 Å². The monoisotopic (exact) mass is 347 g/mol. The molecule has 23 heavy (non-hydrogen) atoms. The van der Waals surface area contributed by atoms with Gasteiger partial charge in [-0.25, -0.2) is 0 Å². The number of carbonyl (C=O) groups is 2. The molecule has 0 saturated heterocycles. The smallest absolute Gasteiger partial charge is 0.323 e. The molecule has 0 amide bonds. The van der Waals surface area contributed by atoms with Crippen LogP contribution in [0.25, 0.3) is 0 Å². The number of Topliss-reactive ketones (excluding diaryl/α,β-unsaturated/α-hetero) is 1. The van der Waals surface area contributed by atoms with Crippen LogP contribution in [-0.2, 0) is 22.4 Å². The van der Waals surface area contributed by atoms with E-state index in [1.54, 1.807) is 12.4 Å². The summed E-state index contributed by atoms with van der Waals surface area (Å²) in [5, 5.41) is 17.5. The molecular formula is C16H29NO5S. The highest BCUT2D eigenvalue weighted by Gasteiger charge is 2.17. The van der Waals surface area contributed by atoms with E-state index < -0.39 is 12.0 Å². The van der Waals surface area contributed by atoms with Gasteiger partial charge in [0.1, 0.15) is 11.8 Å². The Kier molecular flexibility index (Phi) is 13.7. The zero-order valence-corrected chi connectivity index (χ0v) is 15.1. The van der Waals surface area contributed by atoms with Crippen molar-refractivity contribution >= 4 is 23.1 Å². The molecule has 0 unspecified atom stereocenters. The molecule has 0 aliphatic rings. The molecule has 1 aromatic heterocycles. The molecule has 5 N–H and O–H groups in total. The highest BCUT2D eigenvalue weighted by Crippen LogP contribution is 2.20. The molecule has 0 aliphatic heterocycles. The van der Waals surface area contributed by atoms with Crippen LogP contribution in [-0.4, -0.2) is 33.6 Å². The first-order valence-corrected chi connectivity index (χ1v) is 8.27. The molecular weight excluding hydrogens is 318 g/mol. The van der Waals surface area contributed by atoms with Gasteiger partial charge in [-0.05, 0) is 37.8 Å². The molecule has 6 nitrogen and oxygen atoms in total. The summed E-state index contributed by atoms with van der Waals surface area (Å²) in [5.41, 5.74) is 1.78. The zero-order chi connectivity index (χ0) is 17.1. The number of ketones is 1. The van der Waals surface area contributed by atoms with Crippen molar-refractivity contribution in [2.45, 2.75) is 59.4 Å². The molecule has 1 rings (SSSR count). The molecule has 0 fully saturated rings. The zero-order valence-electron chi connectivity index (χ0n) is 14.3. The Bertz CT molecular complexity index is 456. The van der Waals surface area contributed by atoms with Crippen molar-refractivity contribution in [2.75, 3.05) is 0 Å². The van der Waals surface area contributed by atoms with Crippen molar-refractivity contribution in [1.82, 2.24) is 5.48 Å². The molecule has 1 heterocycles. The van der Waals surface area contributed by atoms with E-state index in [4.69, 9.17) is 10.3 Å². The van der Waals surface area contributed by atoms with Crippen LogP contribution in [0.5, 0.6) is 0 Å². The number of thiophene rings is 1. The Balaban J connectivity index is 0. The Morgan fingerprint density at radius 3 is 2.17 bits per heavy atom. The molecule has 1 atom stereocenters. The first kappa shape index (κ1) is 24.0. The molecule has 0 bridgehead atoms. The quantitative estimate of drug-likeness (QED) is 0.624. The first-order valence-electron chi connectivity index (χ1n) is 7.45. The maximum Gasteiger partial charge on any atom is 0.323 e. The number of aliphatic carboxylic acids is 1. The van der Waals surface area contributed by atoms with Gasteiger partial charge in [-0.15, -0.1) is 11.3 Å². The van der Waals surface area contributed by atoms with E-state index in [9.17, 15) is 9.59 Å². The van der Waals surface area contributed by atoms with E-state index in [0.717, 1.165) is 28.5 Å². The molecule has 134 valence electrons. The fraction of sp³-hybridized carbons (Fsp3) is 0.625. The summed E-state index contributed by atoms with van der Waals surface area (Å²) in [6.07, 6.45) is 2.47. The van der Waals surface area contributed by atoms with E-state index in [2.05, 4.69) is 20.8 Å². The number of hydrogen-bond acceptors (Lipinski definition) is 5. The van der Waals surface area contributed by atoms with E-state index in [0.29, 0.717) is 6.42 Å². The number of aryl methyl sites for hydroxylation is 1. The predicted molar refractivity (Wildman–Crippen MR) is 92.1 cm³/mol. The van der Waals surface area contributed by atoms with Crippen LogP contribution in [0, 0.1) is 5.92 Å². The van der Waals surface area contributed by atoms with Crippen molar-refractivity contribution in [2.24, 2.45) is 5.92 Å². The number of carboxylic acids is 1. The number of hydrogen-bond donors (Lipinski definition) is 3. The normalized spacial score (nSPS) is 11.2. The molecule has 7 heteroatoms. The molecule has 0 aromatic carbocycles. The fourth-order valence-electron chi connectivity index (χ4n) is 1.57. The predicted octanol–water partition coefficient (Wildman–Crippen LogP) is 2.47. The highest BCUT2D eigenvalue weighted by molar-refractivity contribution is 7.12. The summed E-state index contributed by atoms with van der Waals surface area (Å²) in [6, 6.07) is 2.83. The van der Waals surface area contributed by atoms with Gasteiger partial charge in [0.25, 0.3) is 0 Å². The number of rotatable bonds is 8. The summed E-state index contributed by atoms with van der Waals surface area (Å²) in [5.74, 6) is -0.0637.